The highest BCUT2D eigenvalue weighted by Gasteiger charge is 2.28. The minimum Gasteiger partial charge on any atom is -0.318 e. The second kappa shape index (κ2) is 11.6. The topological polar surface area (TPSA) is 127 Å². The van der Waals surface area contributed by atoms with Crippen molar-refractivity contribution >= 4 is 49.4 Å². The number of sulfonamides is 1. The Morgan fingerprint density at radius 2 is 1.74 bits per heavy atom. The Bertz CT molecular complexity index is 1650. The Morgan fingerprint density at radius 1 is 1.05 bits per heavy atom. The number of carbonyl (C=O) groups is 1. The van der Waals surface area contributed by atoms with Crippen LogP contribution in [0.2, 0.25) is 0 Å². The van der Waals surface area contributed by atoms with Crippen LogP contribution in [0.4, 0.5) is 11.4 Å². The number of nitrogens with one attached hydrogen (secondary N) is 1. The summed E-state index contributed by atoms with van der Waals surface area (Å²) in [6.07, 6.45) is 1.49. The Hall–Kier alpha value is -4.29. The van der Waals surface area contributed by atoms with Crippen LogP contribution in [0.15, 0.2) is 99.4 Å². The molecule has 10 nitrogen and oxygen atoms in total. The molecule has 0 aliphatic heterocycles. The van der Waals surface area contributed by atoms with Crippen molar-refractivity contribution in [3.05, 3.63) is 116 Å². The van der Waals surface area contributed by atoms with Gasteiger partial charge in [-0.2, -0.15) is 5.10 Å². The maximum Gasteiger partial charge on any atom is 0.271 e. The normalized spacial score (nSPS) is 11.5. The smallest absolute Gasteiger partial charge is 0.271 e. The molecule has 0 saturated carbocycles. The van der Waals surface area contributed by atoms with E-state index in [0.29, 0.717) is 0 Å². The molecule has 0 radical (unpaired) electrons. The van der Waals surface area contributed by atoms with Crippen LogP contribution in [0.25, 0.3) is 5.69 Å². The maximum absolute atomic E-state index is 13.4. The molecular weight excluding hydrogens is 586 g/mol. The largest absolute Gasteiger partial charge is 0.318 e. The Labute approximate surface area is 233 Å². The lowest BCUT2D eigenvalue weighted by Crippen LogP contribution is -2.39. The fourth-order valence-corrected chi connectivity index (χ4v) is 5.74. The lowest BCUT2D eigenvalue weighted by atomic mass is 10.2. The Balaban J connectivity index is 1.57. The number of carbonyl (C=O) groups excluding carboxylic acids is 1. The number of hydrazone groups is 1. The van der Waals surface area contributed by atoms with Gasteiger partial charge >= 0.3 is 0 Å². The lowest BCUT2D eigenvalue weighted by molar-refractivity contribution is -0.384. The standard InChI is InChI=1S/C27H24BrN5O5S/c1-19-15-21(20(2)32(19)23-13-11-22(28)12-14-23)17-29-30-27(34)18-31(24-7-6-8-25(16-24)33(35)36)39(37,38)26-9-4-3-5-10-26/h3-17H,18H2,1-2H3,(H,30,34)/b29-17+. The highest BCUT2D eigenvalue weighted by Crippen LogP contribution is 2.27. The summed E-state index contributed by atoms with van der Waals surface area (Å²) in [4.78, 5) is 23.4. The van der Waals surface area contributed by atoms with Crippen LogP contribution in [-0.4, -0.2) is 36.6 Å². The van der Waals surface area contributed by atoms with E-state index in [1.165, 1.54) is 36.5 Å². The first-order valence-electron chi connectivity index (χ1n) is 11.7. The molecule has 4 rings (SSSR count). The first kappa shape index (κ1) is 27.7. The van der Waals surface area contributed by atoms with Gasteiger partial charge in [-0.05, 0) is 62.4 Å². The molecule has 0 saturated heterocycles. The molecule has 200 valence electrons. The highest BCUT2D eigenvalue weighted by molar-refractivity contribution is 9.10. The number of nitro benzene ring substituents is 1. The van der Waals surface area contributed by atoms with E-state index in [-0.39, 0.29) is 16.3 Å². The van der Waals surface area contributed by atoms with Gasteiger partial charge in [-0.25, -0.2) is 13.8 Å². The molecule has 0 unspecified atom stereocenters. The zero-order valence-corrected chi connectivity index (χ0v) is 23.4. The summed E-state index contributed by atoms with van der Waals surface area (Å²) in [5.41, 5.74) is 5.64. The SMILES string of the molecule is Cc1cc(/C=N/NC(=O)CN(c2cccc([N+](=O)[O-])c2)S(=O)(=O)c2ccccc2)c(C)n1-c1ccc(Br)cc1. The van der Waals surface area contributed by atoms with Crippen LogP contribution >= 0.6 is 15.9 Å². The molecule has 0 aliphatic rings. The van der Waals surface area contributed by atoms with Gasteiger partial charge < -0.3 is 4.57 Å². The maximum atomic E-state index is 13.4. The summed E-state index contributed by atoms with van der Waals surface area (Å²) < 4.78 is 30.7. The number of hydrogen-bond acceptors (Lipinski definition) is 6. The molecule has 39 heavy (non-hydrogen) atoms. The van der Waals surface area contributed by atoms with Gasteiger partial charge in [0.15, 0.2) is 0 Å². The molecule has 4 aromatic rings. The van der Waals surface area contributed by atoms with Crippen molar-refractivity contribution < 1.29 is 18.1 Å². The zero-order valence-electron chi connectivity index (χ0n) is 21.0. The number of hydrogen-bond donors (Lipinski definition) is 1. The molecular formula is C27H24BrN5O5S. The van der Waals surface area contributed by atoms with Gasteiger partial charge in [-0.1, -0.05) is 40.2 Å². The molecule has 12 heteroatoms. The van der Waals surface area contributed by atoms with Crippen LogP contribution in [0.1, 0.15) is 17.0 Å². The summed E-state index contributed by atoms with van der Waals surface area (Å²) in [6, 6.07) is 22.4. The van der Waals surface area contributed by atoms with Gasteiger partial charge in [-0.3, -0.25) is 19.2 Å². The summed E-state index contributed by atoms with van der Waals surface area (Å²) in [7, 11) is -4.22. The summed E-state index contributed by atoms with van der Waals surface area (Å²) >= 11 is 3.43. The fraction of sp³-hybridized carbons (Fsp3) is 0.111. The van der Waals surface area contributed by atoms with E-state index in [4.69, 9.17) is 0 Å². The van der Waals surface area contributed by atoms with Crippen LogP contribution in [0.5, 0.6) is 0 Å². The van der Waals surface area contributed by atoms with E-state index in [1.54, 1.807) is 18.2 Å². The predicted octanol–water partition coefficient (Wildman–Crippen LogP) is 5.11. The first-order valence-corrected chi connectivity index (χ1v) is 13.9. The average Bonchev–Trinajstić information content (AvgIpc) is 3.20. The molecule has 0 spiro atoms. The predicted molar refractivity (Wildman–Crippen MR) is 153 cm³/mol. The number of rotatable bonds is 9. The van der Waals surface area contributed by atoms with Gasteiger partial charge in [0, 0.05) is 39.2 Å². The summed E-state index contributed by atoms with van der Waals surface area (Å²) in [6.45, 7) is 3.23. The minimum atomic E-state index is -4.22. The Morgan fingerprint density at radius 3 is 2.41 bits per heavy atom. The minimum absolute atomic E-state index is 0.0229. The molecule has 1 N–H and O–H groups in total. The van der Waals surface area contributed by atoms with Crippen LogP contribution in [0.3, 0.4) is 0 Å². The number of amides is 1. The molecule has 0 fully saturated rings. The number of aryl methyl sites for hydroxylation is 1. The number of anilines is 1. The van der Waals surface area contributed by atoms with Crippen molar-refractivity contribution in [1.29, 1.82) is 0 Å². The number of nitrogens with zero attached hydrogens (tertiary/aromatic N) is 4. The fourth-order valence-electron chi connectivity index (χ4n) is 4.04. The third kappa shape index (κ3) is 6.24. The summed E-state index contributed by atoms with van der Waals surface area (Å²) in [5, 5.41) is 15.3. The average molecular weight is 610 g/mol. The van der Waals surface area contributed by atoms with Crippen molar-refractivity contribution in [3.63, 3.8) is 0 Å². The van der Waals surface area contributed by atoms with E-state index < -0.39 is 27.4 Å². The van der Waals surface area contributed by atoms with Crippen molar-refractivity contribution in [3.8, 4) is 5.69 Å². The zero-order chi connectivity index (χ0) is 28.2. The molecule has 1 aromatic heterocycles. The number of halogens is 1. The molecule has 0 aliphatic carbocycles. The van der Waals surface area contributed by atoms with Gasteiger partial charge in [0.1, 0.15) is 6.54 Å². The number of benzene rings is 3. The van der Waals surface area contributed by atoms with Crippen molar-refractivity contribution in [2.75, 3.05) is 10.8 Å². The van der Waals surface area contributed by atoms with Gasteiger partial charge in [0.25, 0.3) is 21.6 Å². The van der Waals surface area contributed by atoms with Gasteiger partial charge in [0.05, 0.1) is 21.7 Å². The lowest BCUT2D eigenvalue weighted by Gasteiger charge is -2.23. The first-order chi connectivity index (χ1) is 18.6. The monoisotopic (exact) mass is 609 g/mol. The van der Waals surface area contributed by atoms with Crippen molar-refractivity contribution in [2.24, 2.45) is 5.10 Å². The third-order valence-corrected chi connectivity index (χ3v) is 8.21. The second-order valence-corrected chi connectivity index (χ2v) is 11.3. The van der Waals surface area contributed by atoms with Gasteiger partial charge in [-0.15, -0.1) is 0 Å². The van der Waals surface area contributed by atoms with E-state index in [1.807, 2.05) is 48.7 Å². The number of aromatic nitrogens is 1. The molecule has 0 bridgehead atoms. The molecule has 0 atom stereocenters. The second-order valence-electron chi connectivity index (χ2n) is 8.53. The van der Waals surface area contributed by atoms with E-state index in [2.05, 4.69) is 26.5 Å². The van der Waals surface area contributed by atoms with E-state index in [0.717, 1.165) is 37.5 Å². The van der Waals surface area contributed by atoms with Crippen molar-refractivity contribution in [1.82, 2.24) is 9.99 Å². The van der Waals surface area contributed by atoms with Crippen LogP contribution < -0.4 is 9.73 Å². The number of nitro groups is 1. The molecule has 1 amide bonds. The molecule has 3 aromatic carbocycles. The molecule has 1 heterocycles. The van der Waals surface area contributed by atoms with Gasteiger partial charge in [0.2, 0.25) is 0 Å². The van der Waals surface area contributed by atoms with Crippen molar-refractivity contribution in [2.45, 2.75) is 18.7 Å². The third-order valence-electron chi connectivity index (χ3n) is 5.89. The summed E-state index contributed by atoms with van der Waals surface area (Å²) in [5.74, 6) is -0.723. The quantitative estimate of drug-likeness (QED) is 0.160. The Kier molecular flexibility index (Phi) is 8.27. The van der Waals surface area contributed by atoms with Crippen LogP contribution in [0, 0.1) is 24.0 Å². The number of non-ortho nitro benzene ring substituents is 1. The van der Waals surface area contributed by atoms with Crippen LogP contribution in [-0.2, 0) is 14.8 Å². The highest BCUT2D eigenvalue weighted by atomic mass is 79.9. The van der Waals surface area contributed by atoms with E-state index >= 15 is 0 Å². The van der Waals surface area contributed by atoms with E-state index in [9.17, 15) is 23.3 Å².